The summed E-state index contributed by atoms with van der Waals surface area (Å²) in [5.74, 6) is -0.754. The molecule has 1 aliphatic rings. The Balaban J connectivity index is 1.90. The Bertz CT molecular complexity index is 958. The fraction of sp³-hybridized carbons (Fsp3) is 0.222. The van der Waals surface area contributed by atoms with Gasteiger partial charge in [-0.15, -0.1) is 0 Å². The average molecular weight is 324 g/mol. The van der Waals surface area contributed by atoms with Crippen LogP contribution in [-0.2, 0) is 0 Å². The number of nitrogens with two attached hydrogens (primary N) is 2. The normalized spacial score (nSPS) is 19.6. The lowest BCUT2D eigenvalue weighted by Gasteiger charge is -2.10. The minimum atomic E-state index is -1.07. The van der Waals surface area contributed by atoms with E-state index in [-0.39, 0.29) is 23.7 Å². The maximum absolute atomic E-state index is 13.3. The van der Waals surface area contributed by atoms with Crippen LogP contribution in [0, 0.1) is 12.8 Å². The number of fused-ring (bicyclic) bond motifs is 1. The Morgan fingerprint density at radius 1 is 1.29 bits per heavy atom. The van der Waals surface area contributed by atoms with E-state index < -0.39 is 12.1 Å². The van der Waals surface area contributed by atoms with Crippen LogP contribution in [0.2, 0.25) is 0 Å². The standard InChI is InChI=1S/C18H17FN4O/c1-9-3-2-4-13(20)15(9)10-5-6-14-22-18(21)16(23(14)8-10)17(24)11-7-12(11)19/h2-6,8,11-12H,7,20-21H2,1H3/t11-,12+/m1/s1. The number of hydrogen-bond acceptors (Lipinski definition) is 4. The molecule has 0 spiro atoms. The number of aromatic nitrogens is 2. The highest BCUT2D eigenvalue weighted by Crippen LogP contribution is 2.38. The number of nitrogens with zero attached hydrogens (tertiary/aromatic N) is 2. The van der Waals surface area contributed by atoms with E-state index >= 15 is 0 Å². The van der Waals surface area contributed by atoms with Crippen LogP contribution in [0.15, 0.2) is 36.5 Å². The number of pyridine rings is 1. The number of carbonyl (C=O) groups is 1. The van der Waals surface area contributed by atoms with E-state index in [1.54, 1.807) is 16.7 Å². The third-order valence-electron chi connectivity index (χ3n) is 4.52. The van der Waals surface area contributed by atoms with Gasteiger partial charge in [0.15, 0.2) is 11.6 Å². The van der Waals surface area contributed by atoms with Crippen molar-refractivity contribution in [2.24, 2.45) is 5.92 Å². The van der Waals surface area contributed by atoms with Gasteiger partial charge in [-0.3, -0.25) is 9.20 Å². The molecule has 1 aromatic carbocycles. The molecule has 4 rings (SSSR count). The Morgan fingerprint density at radius 2 is 2.04 bits per heavy atom. The second-order valence-corrected chi connectivity index (χ2v) is 6.25. The summed E-state index contributed by atoms with van der Waals surface area (Å²) in [6, 6.07) is 9.38. The molecule has 0 aliphatic heterocycles. The van der Waals surface area contributed by atoms with Crippen molar-refractivity contribution >= 4 is 22.9 Å². The topological polar surface area (TPSA) is 86.4 Å². The molecule has 4 N–H and O–H groups in total. The van der Waals surface area contributed by atoms with Gasteiger partial charge < -0.3 is 11.5 Å². The van der Waals surface area contributed by atoms with Crippen molar-refractivity contribution in [3.05, 3.63) is 47.8 Å². The molecular weight excluding hydrogens is 307 g/mol. The number of anilines is 2. The molecule has 0 amide bonds. The van der Waals surface area contributed by atoms with Gasteiger partial charge in [-0.1, -0.05) is 12.1 Å². The summed E-state index contributed by atoms with van der Waals surface area (Å²) in [5, 5.41) is 0. The van der Waals surface area contributed by atoms with Gasteiger partial charge in [-0.05, 0) is 37.1 Å². The van der Waals surface area contributed by atoms with E-state index in [0.29, 0.717) is 11.3 Å². The maximum Gasteiger partial charge on any atom is 0.189 e. The van der Waals surface area contributed by atoms with Crippen LogP contribution >= 0.6 is 0 Å². The Labute approximate surface area is 138 Å². The molecule has 2 heterocycles. The monoisotopic (exact) mass is 324 g/mol. The average Bonchev–Trinajstić information content (AvgIpc) is 3.16. The van der Waals surface area contributed by atoms with Crippen molar-refractivity contribution in [3.63, 3.8) is 0 Å². The van der Waals surface area contributed by atoms with Crippen molar-refractivity contribution in [1.29, 1.82) is 0 Å². The van der Waals surface area contributed by atoms with Crippen LogP contribution < -0.4 is 11.5 Å². The fourth-order valence-electron chi connectivity index (χ4n) is 3.15. The number of benzene rings is 1. The molecule has 1 aliphatic carbocycles. The Hall–Kier alpha value is -2.89. The number of halogens is 1. The molecule has 24 heavy (non-hydrogen) atoms. The molecule has 2 aromatic heterocycles. The van der Waals surface area contributed by atoms with Crippen LogP contribution in [0.3, 0.4) is 0 Å². The minimum Gasteiger partial charge on any atom is -0.398 e. The van der Waals surface area contributed by atoms with E-state index in [2.05, 4.69) is 4.98 Å². The number of ketones is 1. The summed E-state index contributed by atoms with van der Waals surface area (Å²) in [4.78, 5) is 16.7. The van der Waals surface area contributed by atoms with Gasteiger partial charge in [0.05, 0.1) is 5.92 Å². The van der Waals surface area contributed by atoms with E-state index in [4.69, 9.17) is 11.5 Å². The molecular formula is C18H17FN4O. The Kier molecular flexibility index (Phi) is 3.09. The molecule has 3 aromatic rings. The third kappa shape index (κ3) is 2.14. The largest absolute Gasteiger partial charge is 0.398 e. The lowest BCUT2D eigenvalue weighted by Crippen LogP contribution is -2.10. The highest BCUT2D eigenvalue weighted by atomic mass is 19.1. The molecule has 122 valence electrons. The second-order valence-electron chi connectivity index (χ2n) is 6.25. The first-order chi connectivity index (χ1) is 11.5. The number of rotatable bonds is 3. The molecule has 2 atom stereocenters. The number of imidazole rings is 1. The van der Waals surface area contributed by atoms with Gasteiger partial charge in [0.2, 0.25) is 0 Å². The summed E-state index contributed by atoms with van der Waals surface area (Å²) >= 11 is 0. The van der Waals surface area contributed by atoms with Gasteiger partial charge in [0.25, 0.3) is 0 Å². The molecule has 0 radical (unpaired) electrons. The summed E-state index contributed by atoms with van der Waals surface area (Å²) < 4.78 is 14.9. The zero-order valence-electron chi connectivity index (χ0n) is 13.2. The number of hydrogen-bond donors (Lipinski definition) is 2. The molecule has 1 fully saturated rings. The van der Waals surface area contributed by atoms with Crippen molar-refractivity contribution in [1.82, 2.24) is 9.38 Å². The van der Waals surface area contributed by atoms with Crippen LogP contribution in [0.1, 0.15) is 22.5 Å². The van der Waals surface area contributed by atoms with E-state index in [0.717, 1.165) is 16.7 Å². The van der Waals surface area contributed by atoms with Crippen molar-refractivity contribution in [2.75, 3.05) is 11.5 Å². The first-order valence-electron chi connectivity index (χ1n) is 7.78. The van der Waals surface area contributed by atoms with E-state index in [1.807, 2.05) is 31.2 Å². The van der Waals surface area contributed by atoms with Gasteiger partial charge in [0, 0.05) is 23.0 Å². The zero-order valence-corrected chi connectivity index (χ0v) is 13.2. The number of Topliss-reactive ketones (excluding diaryl/α,β-unsaturated/α-hetero) is 1. The van der Waals surface area contributed by atoms with Crippen LogP contribution in [-0.4, -0.2) is 21.3 Å². The van der Waals surface area contributed by atoms with Crippen LogP contribution in [0.5, 0.6) is 0 Å². The molecule has 6 heteroatoms. The minimum absolute atomic E-state index is 0.133. The predicted octanol–water partition coefficient (Wildman–Crippen LogP) is 3.01. The number of alkyl halides is 1. The molecule has 0 bridgehead atoms. The number of carbonyl (C=O) groups excluding carboxylic acids is 1. The molecule has 1 saturated carbocycles. The third-order valence-corrected chi connectivity index (χ3v) is 4.52. The van der Waals surface area contributed by atoms with E-state index in [1.165, 1.54) is 0 Å². The van der Waals surface area contributed by atoms with Gasteiger partial charge in [-0.25, -0.2) is 9.37 Å². The van der Waals surface area contributed by atoms with Gasteiger partial charge >= 0.3 is 0 Å². The summed E-state index contributed by atoms with van der Waals surface area (Å²) in [6.45, 7) is 1.97. The lowest BCUT2D eigenvalue weighted by molar-refractivity contribution is 0.0952. The Morgan fingerprint density at radius 3 is 2.71 bits per heavy atom. The first-order valence-corrected chi connectivity index (χ1v) is 7.78. The van der Waals surface area contributed by atoms with Crippen molar-refractivity contribution in [2.45, 2.75) is 19.5 Å². The van der Waals surface area contributed by atoms with Crippen molar-refractivity contribution in [3.8, 4) is 11.1 Å². The quantitative estimate of drug-likeness (QED) is 0.573. The number of nitrogen functional groups attached to an aromatic ring is 2. The highest BCUT2D eigenvalue weighted by Gasteiger charge is 2.45. The maximum atomic E-state index is 13.3. The van der Waals surface area contributed by atoms with Crippen LogP contribution in [0.4, 0.5) is 15.9 Å². The first kappa shape index (κ1) is 14.7. The molecule has 0 saturated heterocycles. The summed E-state index contributed by atoms with van der Waals surface area (Å²) in [5.41, 5.74) is 16.3. The SMILES string of the molecule is Cc1cccc(N)c1-c1ccc2nc(N)c(C(=O)[C@@H]3C[C@@H]3F)n2c1. The highest BCUT2D eigenvalue weighted by molar-refractivity contribution is 6.03. The molecule has 5 nitrogen and oxygen atoms in total. The van der Waals surface area contributed by atoms with Gasteiger partial charge in [-0.2, -0.15) is 0 Å². The zero-order chi connectivity index (χ0) is 17.0. The number of aryl methyl sites for hydroxylation is 1. The summed E-state index contributed by atoms with van der Waals surface area (Å²) in [7, 11) is 0. The van der Waals surface area contributed by atoms with Crippen LogP contribution in [0.25, 0.3) is 16.8 Å². The van der Waals surface area contributed by atoms with Crippen molar-refractivity contribution < 1.29 is 9.18 Å². The lowest BCUT2D eigenvalue weighted by atomic mass is 10.00. The molecule has 0 unspecified atom stereocenters. The fourth-order valence-corrected chi connectivity index (χ4v) is 3.15. The summed E-state index contributed by atoms with van der Waals surface area (Å²) in [6.07, 6.45) is 0.980. The predicted molar refractivity (Wildman–Crippen MR) is 91.5 cm³/mol. The van der Waals surface area contributed by atoms with Gasteiger partial charge in [0.1, 0.15) is 17.5 Å². The van der Waals surface area contributed by atoms with E-state index in [9.17, 15) is 9.18 Å². The second kappa shape index (κ2) is 5.06. The smallest absolute Gasteiger partial charge is 0.189 e.